The molecule has 1 amide bonds. The van der Waals surface area contributed by atoms with Gasteiger partial charge in [0, 0.05) is 31.7 Å². The molecule has 5 N–H and O–H groups in total. The number of carbonyl (C=O) groups excluding carboxylic acids is 2. The highest BCUT2D eigenvalue weighted by Gasteiger charge is 2.34. The first-order chi connectivity index (χ1) is 15.2. The van der Waals surface area contributed by atoms with Crippen molar-refractivity contribution in [1.29, 1.82) is 0 Å². The maximum atomic E-state index is 12.8. The molecule has 32 heavy (non-hydrogen) atoms. The molecule has 10 heteroatoms. The van der Waals surface area contributed by atoms with Gasteiger partial charge in [-0.1, -0.05) is 27.7 Å². The van der Waals surface area contributed by atoms with Crippen molar-refractivity contribution in [1.82, 2.24) is 15.5 Å². The van der Waals surface area contributed by atoms with E-state index in [1.54, 1.807) is 4.90 Å². The van der Waals surface area contributed by atoms with E-state index in [2.05, 4.69) is 10.6 Å². The van der Waals surface area contributed by atoms with E-state index in [9.17, 15) is 19.5 Å². The Labute approximate surface area is 191 Å². The molecule has 0 aliphatic carbocycles. The standard InChI is InChI=1S/C22H42N4O6/c1-15(2)19(14-27)24-17-11-18(25-21(16(3)4)22(29)30)13-26(12-17)20(28)5-7-31-9-10-32-8-6-23/h14-19,21,24-25H,5-13,23H2,1-4H3,(H,29,30)/t17-,18-,19-,21+/m1/s1. The number of aldehydes is 1. The van der Waals surface area contributed by atoms with Gasteiger partial charge in [0.2, 0.25) is 5.91 Å². The molecule has 1 aliphatic heterocycles. The first kappa shape index (κ1) is 28.4. The fourth-order valence-electron chi connectivity index (χ4n) is 3.73. The summed E-state index contributed by atoms with van der Waals surface area (Å²) < 4.78 is 10.7. The van der Waals surface area contributed by atoms with Crippen LogP contribution in [0.5, 0.6) is 0 Å². The first-order valence-corrected chi connectivity index (χ1v) is 11.5. The predicted octanol–water partition coefficient (Wildman–Crippen LogP) is -0.150. The van der Waals surface area contributed by atoms with Crippen LogP contribution in [0.15, 0.2) is 0 Å². The zero-order chi connectivity index (χ0) is 24.1. The molecule has 0 radical (unpaired) electrons. The number of piperidine rings is 1. The molecule has 0 aromatic heterocycles. The second-order valence-electron chi connectivity index (χ2n) is 8.99. The largest absolute Gasteiger partial charge is 0.480 e. The molecular weight excluding hydrogens is 416 g/mol. The molecule has 1 fully saturated rings. The van der Waals surface area contributed by atoms with Gasteiger partial charge in [-0.25, -0.2) is 0 Å². The minimum atomic E-state index is -0.911. The average Bonchev–Trinajstić information content (AvgIpc) is 2.74. The van der Waals surface area contributed by atoms with Crippen LogP contribution in [0, 0.1) is 11.8 Å². The van der Waals surface area contributed by atoms with Crippen LogP contribution in [0.25, 0.3) is 0 Å². The van der Waals surface area contributed by atoms with Gasteiger partial charge >= 0.3 is 5.97 Å². The number of amides is 1. The third-order valence-electron chi connectivity index (χ3n) is 5.54. The molecule has 0 bridgehead atoms. The van der Waals surface area contributed by atoms with E-state index in [4.69, 9.17) is 15.2 Å². The molecule has 10 nitrogen and oxygen atoms in total. The summed E-state index contributed by atoms with van der Waals surface area (Å²) in [6.45, 7) is 10.5. The molecule has 0 aromatic carbocycles. The molecule has 1 heterocycles. The third kappa shape index (κ3) is 10.4. The Kier molecular flexibility index (Phi) is 13.6. The van der Waals surface area contributed by atoms with E-state index in [1.807, 2.05) is 27.7 Å². The van der Waals surface area contributed by atoms with Crippen molar-refractivity contribution in [2.75, 3.05) is 46.1 Å². The summed E-state index contributed by atoms with van der Waals surface area (Å²) in [6, 6.07) is -1.35. The fourth-order valence-corrected chi connectivity index (χ4v) is 3.73. The van der Waals surface area contributed by atoms with E-state index >= 15 is 0 Å². The van der Waals surface area contributed by atoms with Crippen LogP contribution in [-0.2, 0) is 23.9 Å². The van der Waals surface area contributed by atoms with Gasteiger partial charge in [-0.05, 0) is 18.3 Å². The number of nitrogens with zero attached hydrogens (tertiary/aromatic N) is 1. The lowest BCUT2D eigenvalue weighted by Gasteiger charge is -2.41. The third-order valence-corrected chi connectivity index (χ3v) is 5.54. The van der Waals surface area contributed by atoms with Crippen LogP contribution in [0.3, 0.4) is 0 Å². The summed E-state index contributed by atoms with van der Waals surface area (Å²) in [4.78, 5) is 37.7. The second-order valence-corrected chi connectivity index (χ2v) is 8.99. The highest BCUT2D eigenvalue weighted by molar-refractivity contribution is 5.76. The number of hydrogen-bond donors (Lipinski definition) is 4. The summed E-state index contributed by atoms with van der Waals surface area (Å²) in [5, 5.41) is 16.1. The smallest absolute Gasteiger partial charge is 0.320 e. The molecule has 0 saturated carbocycles. The van der Waals surface area contributed by atoms with Crippen molar-refractivity contribution in [3.63, 3.8) is 0 Å². The van der Waals surface area contributed by atoms with E-state index in [0.29, 0.717) is 45.9 Å². The van der Waals surface area contributed by atoms with Gasteiger partial charge in [0.25, 0.3) is 0 Å². The van der Waals surface area contributed by atoms with Gasteiger partial charge in [0.1, 0.15) is 12.3 Å². The Morgan fingerprint density at radius 1 is 1.03 bits per heavy atom. The molecule has 186 valence electrons. The molecule has 1 rings (SSSR count). The minimum Gasteiger partial charge on any atom is -0.480 e. The van der Waals surface area contributed by atoms with Crippen molar-refractivity contribution >= 4 is 18.2 Å². The second kappa shape index (κ2) is 15.3. The van der Waals surface area contributed by atoms with E-state index in [1.165, 1.54) is 0 Å². The van der Waals surface area contributed by atoms with Gasteiger partial charge in [-0.3, -0.25) is 14.9 Å². The minimum absolute atomic E-state index is 0.0604. The zero-order valence-electron chi connectivity index (χ0n) is 19.9. The van der Waals surface area contributed by atoms with Crippen molar-refractivity contribution in [3.8, 4) is 0 Å². The van der Waals surface area contributed by atoms with Gasteiger partial charge in [0.15, 0.2) is 0 Å². The van der Waals surface area contributed by atoms with Gasteiger partial charge in [-0.15, -0.1) is 0 Å². The van der Waals surface area contributed by atoms with Crippen LogP contribution in [0.2, 0.25) is 0 Å². The summed E-state index contributed by atoms with van der Waals surface area (Å²) in [5.74, 6) is -0.957. The number of aliphatic carboxylic acids is 1. The molecule has 0 spiro atoms. The summed E-state index contributed by atoms with van der Waals surface area (Å²) in [5.41, 5.74) is 5.35. The van der Waals surface area contributed by atoms with Gasteiger partial charge < -0.3 is 35.3 Å². The topological polar surface area (TPSA) is 143 Å². The van der Waals surface area contributed by atoms with Crippen molar-refractivity contribution < 1.29 is 29.0 Å². The van der Waals surface area contributed by atoms with E-state index in [0.717, 1.165) is 6.29 Å². The normalized spacial score (nSPS) is 21.0. The number of carboxylic acid groups (broad SMARTS) is 1. The Bertz CT molecular complexity index is 575. The van der Waals surface area contributed by atoms with Crippen LogP contribution >= 0.6 is 0 Å². The van der Waals surface area contributed by atoms with Crippen LogP contribution in [0.4, 0.5) is 0 Å². The number of nitrogens with two attached hydrogens (primary N) is 1. The maximum Gasteiger partial charge on any atom is 0.320 e. The van der Waals surface area contributed by atoms with Crippen LogP contribution in [-0.4, -0.2) is 98.4 Å². The van der Waals surface area contributed by atoms with Gasteiger partial charge in [0.05, 0.1) is 38.9 Å². The number of ether oxygens (including phenoxy) is 2. The quantitative estimate of drug-likeness (QED) is 0.183. The predicted molar refractivity (Wildman–Crippen MR) is 121 cm³/mol. The van der Waals surface area contributed by atoms with Crippen LogP contribution < -0.4 is 16.4 Å². The monoisotopic (exact) mass is 458 g/mol. The lowest BCUT2D eigenvalue weighted by molar-refractivity contribution is -0.141. The number of hydrogen-bond acceptors (Lipinski definition) is 8. The van der Waals surface area contributed by atoms with E-state index < -0.39 is 12.0 Å². The van der Waals surface area contributed by atoms with Crippen LogP contribution in [0.1, 0.15) is 40.5 Å². The number of nitrogens with one attached hydrogen (secondary N) is 2. The number of carboxylic acids is 1. The van der Waals surface area contributed by atoms with E-state index in [-0.39, 0.29) is 48.9 Å². The molecule has 1 aliphatic rings. The first-order valence-electron chi connectivity index (χ1n) is 11.5. The maximum absolute atomic E-state index is 12.8. The number of rotatable bonds is 16. The highest BCUT2D eigenvalue weighted by atomic mass is 16.5. The Balaban J connectivity index is 2.72. The number of carbonyl (C=O) groups is 3. The molecule has 0 unspecified atom stereocenters. The lowest BCUT2D eigenvalue weighted by Crippen LogP contribution is -2.61. The van der Waals surface area contributed by atoms with Crippen molar-refractivity contribution in [2.24, 2.45) is 17.6 Å². The molecule has 1 saturated heterocycles. The SMILES string of the molecule is CC(C)[C@H](N[C@@H]1C[C@@H](N[C@H](C=O)C(C)C)CN(C(=O)CCOCCOCCN)C1)C(=O)O. The van der Waals surface area contributed by atoms with Gasteiger partial charge in [-0.2, -0.15) is 0 Å². The zero-order valence-corrected chi connectivity index (χ0v) is 19.9. The lowest BCUT2D eigenvalue weighted by atomic mass is 9.95. The Morgan fingerprint density at radius 3 is 2.12 bits per heavy atom. The summed E-state index contributed by atoms with van der Waals surface area (Å²) >= 11 is 0. The Morgan fingerprint density at radius 2 is 1.62 bits per heavy atom. The molecule has 4 atom stereocenters. The van der Waals surface area contributed by atoms with Crippen molar-refractivity contribution in [3.05, 3.63) is 0 Å². The fraction of sp³-hybridized carbons (Fsp3) is 0.864. The Hall–Kier alpha value is -1.59. The summed E-state index contributed by atoms with van der Waals surface area (Å²) in [7, 11) is 0. The highest BCUT2D eigenvalue weighted by Crippen LogP contribution is 2.16. The molecule has 0 aromatic rings. The molecular formula is C22H42N4O6. The average molecular weight is 459 g/mol. The van der Waals surface area contributed by atoms with Crippen molar-refractivity contribution in [2.45, 2.75) is 64.7 Å². The number of likely N-dealkylation sites (tertiary alicyclic amines) is 1. The summed E-state index contributed by atoms with van der Waals surface area (Å²) in [6.07, 6.45) is 1.75.